The number of carbonyl (C=O) groups excluding carboxylic acids is 3. The van der Waals surface area contributed by atoms with Gasteiger partial charge in [0.1, 0.15) is 0 Å². The first kappa shape index (κ1) is 16.7. The fourth-order valence-electron chi connectivity index (χ4n) is 2.03. The molecular formula is C17H14ClNO4S. The highest BCUT2D eigenvalue weighted by Gasteiger charge is 2.29. The maximum atomic E-state index is 12.0. The van der Waals surface area contributed by atoms with Crippen molar-refractivity contribution in [3.63, 3.8) is 0 Å². The van der Waals surface area contributed by atoms with Crippen molar-refractivity contribution >= 4 is 46.3 Å². The predicted molar refractivity (Wildman–Crippen MR) is 91.7 cm³/mol. The van der Waals surface area contributed by atoms with Crippen molar-refractivity contribution in [2.45, 2.75) is 12.8 Å². The third-order valence-corrected chi connectivity index (χ3v) is 4.79. The number of carbonyl (C=O) groups is 3. The molecule has 3 rings (SSSR count). The maximum absolute atomic E-state index is 12.0. The zero-order chi connectivity index (χ0) is 17.1. The van der Waals surface area contributed by atoms with Gasteiger partial charge >= 0.3 is 5.97 Å². The number of anilines is 1. The first-order valence-corrected chi connectivity index (χ1v) is 8.59. The molecule has 7 heteroatoms. The van der Waals surface area contributed by atoms with Crippen molar-refractivity contribution in [1.29, 1.82) is 0 Å². The highest BCUT2D eigenvalue weighted by molar-refractivity contribution is 7.18. The molecule has 0 bridgehead atoms. The van der Waals surface area contributed by atoms with Crippen molar-refractivity contribution < 1.29 is 19.1 Å². The summed E-state index contributed by atoms with van der Waals surface area (Å²) in [6.45, 7) is -0.337. The van der Waals surface area contributed by atoms with E-state index in [2.05, 4.69) is 5.32 Å². The highest BCUT2D eigenvalue weighted by Crippen LogP contribution is 2.30. The summed E-state index contributed by atoms with van der Waals surface area (Å²) in [5.41, 5.74) is 0.948. The average Bonchev–Trinajstić information content (AvgIpc) is 3.34. The third-order valence-electron chi connectivity index (χ3n) is 3.52. The van der Waals surface area contributed by atoms with Crippen LogP contribution >= 0.6 is 22.9 Å². The Labute approximate surface area is 147 Å². The Bertz CT molecular complexity index is 780. The molecule has 1 aliphatic carbocycles. The summed E-state index contributed by atoms with van der Waals surface area (Å²) in [4.78, 5) is 35.9. The Balaban J connectivity index is 1.52. The lowest BCUT2D eigenvalue weighted by atomic mass is 10.2. The van der Waals surface area contributed by atoms with Crippen LogP contribution in [0, 0.1) is 5.92 Å². The van der Waals surface area contributed by atoms with E-state index in [1.54, 1.807) is 36.4 Å². The summed E-state index contributed by atoms with van der Waals surface area (Å²) in [5.74, 6) is -0.767. The zero-order valence-electron chi connectivity index (χ0n) is 12.6. The van der Waals surface area contributed by atoms with Gasteiger partial charge in [-0.05, 0) is 49.2 Å². The number of ether oxygens (including phenoxy) is 1. The van der Waals surface area contributed by atoms with E-state index in [-0.39, 0.29) is 24.2 Å². The molecule has 1 heterocycles. The number of Topliss-reactive ketones (excluding diaryl/α,β-unsaturated/α-hetero) is 1. The van der Waals surface area contributed by atoms with E-state index in [1.165, 1.54) is 0 Å². The molecule has 1 aromatic heterocycles. The molecule has 1 saturated carbocycles. The van der Waals surface area contributed by atoms with Crippen molar-refractivity contribution in [1.82, 2.24) is 0 Å². The molecule has 124 valence electrons. The molecule has 0 spiro atoms. The van der Waals surface area contributed by atoms with Crippen LogP contribution in [0.4, 0.5) is 5.69 Å². The lowest BCUT2D eigenvalue weighted by Gasteiger charge is -2.06. The van der Waals surface area contributed by atoms with Crippen molar-refractivity contribution in [2.24, 2.45) is 5.92 Å². The Morgan fingerprint density at radius 1 is 1.12 bits per heavy atom. The topological polar surface area (TPSA) is 72.5 Å². The molecule has 24 heavy (non-hydrogen) atoms. The van der Waals surface area contributed by atoms with Crippen molar-refractivity contribution in [2.75, 3.05) is 11.9 Å². The summed E-state index contributed by atoms with van der Waals surface area (Å²) >= 11 is 6.91. The molecule has 0 atom stereocenters. The lowest BCUT2D eigenvalue weighted by molar-refractivity contribution is -0.117. The molecule has 0 saturated heterocycles. The van der Waals surface area contributed by atoms with Gasteiger partial charge in [-0.2, -0.15) is 0 Å². The van der Waals surface area contributed by atoms with Crippen LogP contribution in [-0.2, 0) is 9.53 Å². The first-order chi connectivity index (χ1) is 11.5. The summed E-state index contributed by atoms with van der Waals surface area (Å²) < 4.78 is 5.52. The second kappa shape index (κ2) is 7.15. The molecule has 0 aliphatic heterocycles. The zero-order valence-corrected chi connectivity index (χ0v) is 14.2. The van der Waals surface area contributed by atoms with Gasteiger partial charge in [-0.25, -0.2) is 4.79 Å². The predicted octanol–water partition coefficient (Wildman–Crippen LogP) is 3.79. The maximum Gasteiger partial charge on any atom is 0.338 e. The minimum Gasteiger partial charge on any atom is -0.454 e. The van der Waals surface area contributed by atoms with Gasteiger partial charge in [0, 0.05) is 11.6 Å². The van der Waals surface area contributed by atoms with Crippen LogP contribution in [0.25, 0.3) is 0 Å². The number of esters is 1. The van der Waals surface area contributed by atoms with Gasteiger partial charge in [0.15, 0.2) is 6.61 Å². The van der Waals surface area contributed by atoms with Crippen molar-refractivity contribution in [3.05, 3.63) is 51.2 Å². The van der Waals surface area contributed by atoms with Gasteiger partial charge < -0.3 is 10.1 Å². The van der Waals surface area contributed by atoms with E-state index in [0.29, 0.717) is 20.5 Å². The van der Waals surface area contributed by atoms with Crippen LogP contribution in [0.5, 0.6) is 0 Å². The van der Waals surface area contributed by atoms with Crippen LogP contribution < -0.4 is 5.32 Å². The van der Waals surface area contributed by atoms with E-state index in [9.17, 15) is 14.4 Å². The molecule has 1 aliphatic rings. The number of thiophene rings is 1. The number of rotatable bonds is 6. The largest absolute Gasteiger partial charge is 0.454 e. The molecule has 5 nitrogen and oxygen atoms in total. The number of halogens is 1. The van der Waals surface area contributed by atoms with Crippen molar-refractivity contribution in [3.8, 4) is 0 Å². The van der Waals surface area contributed by atoms with E-state index in [0.717, 1.165) is 24.2 Å². The average molecular weight is 364 g/mol. The number of ketones is 1. The normalized spacial score (nSPS) is 13.4. The molecule has 0 radical (unpaired) electrons. The Kier molecular flexibility index (Phi) is 4.97. The molecule has 1 amide bonds. The number of hydrogen-bond acceptors (Lipinski definition) is 5. The van der Waals surface area contributed by atoms with Crippen LogP contribution in [0.1, 0.15) is 32.9 Å². The van der Waals surface area contributed by atoms with E-state index >= 15 is 0 Å². The van der Waals surface area contributed by atoms with Gasteiger partial charge in [-0.1, -0.05) is 11.6 Å². The molecule has 2 aromatic rings. The smallest absolute Gasteiger partial charge is 0.338 e. The molecular weight excluding hydrogens is 350 g/mol. The minimum absolute atomic E-state index is 0.00512. The monoisotopic (exact) mass is 363 g/mol. The van der Waals surface area contributed by atoms with Gasteiger partial charge in [-0.3, -0.25) is 9.59 Å². The Morgan fingerprint density at radius 3 is 2.42 bits per heavy atom. The van der Waals surface area contributed by atoms with E-state index in [4.69, 9.17) is 16.3 Å². The second-order valence-corrected chi connectivity index (χ2v) is 7.16. The lowest BCUT2D eigenvalue weighted by Crippen LogP contribution is -2.14. The minimum atomic E-state index is -0.592. The van der Waals surface area contributed by atoms with Gasteiger partial charge in [0.05, 0.1) is 14.8 Å². The van der Waals surface area contributed by atoms with E-state index in [1.807, 2.05) is 0 Å². The van der Waals surface area contributed by atoms with Crippen LogP contribution in [-0.4, -0.2) is 24.3 Å². The molecule has 1 aromatic carbocycles. The fourth-order valence-corrected chi connectivity index (χ4v) is 3.00. The molecule has 0 unspecified atom stereocenters. The summed E-state index contributed by atoms with van der Waals surface area (Å²) in [5, 5.41) is 2.79. The summed E-state index contributed by atoms with van der Waals surface area (Å²) in [7, 11) is 0. The molecule has 1 N–H and O–H groups in total. The quantitative estimate of drug-likeness (QED) is 0.626. The van der Waals surface area contributed by atoms with Crippen LogP contribution in [0.15, 0.2) is 36.4 Å². The first-order valence-electron chi connectivity index (χ1n) is 7.39. The van der Waals surface area contributed by atoms with Crippen LogP contribution in [0.2, 0.25) is 4.34 Å². The SMILES string of the molecule is O=C(OCC(=O)c1ccc(Cl)s1)c1ccc(NC(=O)C2CC2)cc1. The third kappa shape index (κ3) is 4.21. The van der Waals surface area contributed by atoms with Gasteiger partial charge in [0.2, 0.25) is 11.7 Å². The highest BCUT2D eigenvalue weighted by atomic mass is 35.5. The number of benzene rings is 1. The fraction of sp³-hybridized carbons (Fsp3) is 0.235. The number of nitrogens with one attached hydrogen (secondary N) is 1. The number of hydrogen-bond donors (Lipinski definition) is 1. The molecule has 1 fully saturated rings. The van der Waals surface area contributed by atoms with E-state index < -0.39 is 5.97 Å². The Morgan fingerprint density at radius 2 is 1.83 bits per heavy atom. The number of amides is 1. The van der Waals surface area contributed by atoms with Gasteiger partial charge in [-0.15, -0.1) is 11.3 Å². The summed E-state index contributed by atoms with van der Waals surface area (Å²) in [6.07, 6.45) is 1.86. The van der Waals surface area contributed by atoms with Crippen LogP contribution in [0.3, 0.4) is 0 Å². The summed E-state index contributed by atoms with van der Waals surface area (Å²) in [6, 6.07) is 9.60. The van der Waals surface area contributed by atoms with Gasteiger partial charge in [0.25, 0.3) is 0 Å². The Hall–Kier alpha value is -2.18. The standard InChI is InChI=1S/C17H14ClNO4S/c18-15-8-7-14(24-15)13(20)9-23-17(22)11-3-5-12(6-4-11)19-16(21)10-1-2-10/h3-8,10H,1-2,9H2,(H,19,21). The second-order valence-electron chi connectivity index (χ2n) is 5.44.